The van der Waals surface area contributed by atoms with Gasteiger partial charge < -0.3 is 5.32 Å². The van der Waals surface area contributed by atoms with Gasteiger partial charge in [0.2, 0.25) is 5.91 Å². The molecule has 2 unspecified atom stereocenters. The molecule has 0 saturated carbocycles. The number of thiazole rings is 1. The molecule has 1 aliphatic carbocycles. The summed E-state index contributed by atoms with van der Waals surface area (Å²) in [6.45, 7) is 1.74. The Morgan fingerprint density at radius 2 is 2.19 bits per heavy atom. The van der Waals surface area contributed by atoms with E-state index in [1.165, 1.54) is 42.0 Å². The van der Waals surface area contributed by atoms with Gasteiger partial charge in [-0.1, -0.05) is 30.2 Å². The average molecular weight is 389 g/mol. The molecule has 2 heterocycles. The molecule has 2 atom stereocenters. The summed E-state index contributed by atoms with van der Waals surface area (Å²) >= 11 is 1.29. The summed E-state index contributed by atoms with van der Waals surface area (Å²) in [5.41, 5.74) is -2.09. The summed E-state index contributed by atoms with van der Waals surface area (Å²) in [7, 11) is 0. The molecule has 1 N–H and O–H groups in total. The summed E-state index contributed by atoms with van der Waals surface area (Å²) < 4.78 is 42.2. The van der Waals surface area contributed by atoms with Gasteiger partial charge in [0.15, 0.2) is 5.41 Å². The largest absolute Gasteiger partial charge is 0.409 e. The second-order valence-electron chi connectivity index (χ2n) is 5.82. The number of pyridine rings is 1. The van der Waals surface area contributed by atoms with Crippen LogP contribution in [0.3, 0.4) is 0 Å². The molecular weight excluding hydrogens is 375 g/mol. The lowest BCUT2D eigenvalue weighted by Gasteiger charge is -2.34. The third kappa shape index (κ3) is 3.93. The molecule has 0 fully saturated rings. The Morgan fingerprint density at radius 1 is 1.37 bits per heavy atom. The second kappa shape index (κ2) is 7.37. The van der Waals surface area contributed by atoms with Crippen molar-refractivity contribution in [3.63, 3.8) is 0 Å². The molecule has 0 radical (unpaired) electrons. The molecule has 4 nitrogen and oxygen atoms in total. The maximum absolute atomic E-state index is 14.1. The fourth-order valence-electron chi connectivity index (χ4n) is 2.64. The summed E-state index contributed by atoms with van der Waals surface area (Å²) in [5.74, 6) is 2.40. The van der Waals surface area contributed by atoms with Crippen LogP contribution in [0, 0.1) is 30.1 Å². The monoisotopic (exact) mass is 389 g/mol. The van der Waals surface area contributed by atoms with Crippen molar-refractivity contribution in [2.24, 2.45) is 11.3 Å². The van der Waals surface area contributed by atoms with Gasteiger partial charge >= 0.3 is 6.18 Å². The Morgan fingerprint density at radius 3 is 2.81 bits per heavy atom. The minimum atomic E-state index is -4.76. The van der Waals surface area contributed by atoms with Crippen molar-refractivity contribution in [2.45, 2.75) is 13.1 Å². The molecule has 1 amide bonds. The number of nitrogens with zero attached hydrogens (tertiary/aromatic N) is 2. The van der Waals surface area contributed by atoms with Crippen molar-refractivity contribution in [1.29, 1.82) is 0 Å². The lowest BCUT2D eigenvalue weighted by atomic mass is 9.72. The smallest absolute Gasteiger partial charge is 0.324 e. The number of rotatable bonds is 2. The first kappa shape index (κ1) is 18.9. The molecule has 2 aromatic rings. The number of amides is 1. The van der Waals surface area contributed by atoms with Crippen LogP contribution in [0.15, 0.2) is 54.2 Å². The van der Waals surface area contributed by atoms with Crippen LogP contribution in [0.2, 0.25) is 0 Å². The minimum absolute atomic E-state index is 0.246. The topological polar surface area (TPSA) is 54.9 Å². The van der Waals surface area contributed by atoms with Crippen LogP contribution in [0.1, 0.15) is 10.7 Å². The quantitative estimate of drug-likeness (QED) is 0.786. The zero-order valence-electron chi connectivity index (χ0n) is 14.1. The number of halogens is 3. The molecule has 0 aromatic carbocycles. The van der Waals surface area contributed by atoms with Crippen LogP contribution < -0.4 is 5.32 Å². The van der Waals surface area contributed by atoms with Crippen LogP contribution in [0.5, 0.6) is 0 Å². The summed E-state index contributed by atoms with van der Waals surface area (Å²) in [6, 6.07) is 3.12. The molecule has 2 aromatic heterocycles. The van der Waals surface area contributed by atoms with E-state index in [0.29, 0.717) is 10.7 Å². The standard InChI is InChI=1S/C19H14F3N3OS/c1-13-24-15(12-27-13)7-9-18(19(20,21)22)8-3-2-6-16(18)17(26)25-14-5-4-10-23-11-14/h2-6,8,10-12,16H,1H3,(H,25,26). The Hall–Kier alpha value is -2.92. The van der Waals surface area contributed by atoms with Crippen LogP contribution >= 0.6 is 11.3 Å². The lowest BCUT2D eigenvalue weighted by Crippen LogP contribution is -2.47. The van der Waals surface area contributed by atoms with Crippen molar-refractivity contribution in [3.8, 4) is 11.8 Å². The van der Waals surface area contributed by atoms with Crippen molar-refractivity contribution in [3.05, 3.63) is 64.9 Å². The zero-order valence-corrected chi connectivity index (χ0v) is 14.9. The van der Waals surface area contributed by atoms with Gasteiger partial charge in [-0.3, -0.25) is 9.78 Å². The van der Waals surface area contributed by atoms with Crippen molar-refractivity contribution >= 4 is 22.9 Å². The number of aromatic nitrogens is 2. The number of nitrogens with one attached hydrogen (secondary N) is 1. The molecular formula is C19H14F3N3OS. The minimum Gasteiger partial charge on any atom is -0.324 e. The van der Waals surface area contributed by atoms with Crippen molar-refractivity contribution in [1.82, 2.24) is 9.97 Å². The van der Waals surface area contributed by atoms with Gasteiger partial charge in [0.05, 0.1) is 22.8 Å². The predicted octanol–water partition coefficient (Wildman–Crippen LogP) is 4.13. The third-order valence-corrected chi connectivity index (χ3v) is 4.73. The summed E-state index contributed by atoms with van der Waals surface area (Å²) in [4.78, 5) is 20.6. The fraction of sp³-hybridized carbons (Fsp3) is 0.211. The highest BCUT2D eigenvalue weighted by Crippen LogP contribution is 2.47. The number of alkyl halides is 3. The Balaban J connectivity index is 1.99. The average Bonchev–Trinajstić information content (AvgIpc) is 3.05. The van der Waals surface area contributed by atoms with E-state index in [9.17, 15) is 18.0 Å². The molecule has 138 valence electrons. The number of hydrogen-bond donors (Lipinski definition) is 1. The maximum atomic E-state index is 14.1. The first-order valence-corrected chi connectivity index (χ1v) is 8.79. The number of aryl methyl sites for hydroxylation is 1. The van der Waals surface area contributed by atoms with Gasteiger partial charge in [-0.05, 0) is 25.0 Å². The molecule has 27 heavy (non-hydrogen) atoms. The van der Waals surface area contributed by atoms with E-state index in [2.05, 4.69) is 27.1 Å². The van der Waals surface area contributed by atoms with E-state index in [1.807, 2.05) is 0 Å². The molecule has 1 aliphatic rings. The molecule has 0 bridgehead atoms. The number of allylic oxidation sites excluding steroid dienone is 3. The van der Waals surface area contributed by atoms with Gasteiger partial charge in [-0.15, -0.1) is 11.3 Å². The van der Waals surface area contributed by atoms with Gasteiger partial charge in [0.25, 0.3) is 0 Å². The van der Waals surface area contributed by atoms with E-state index >= 15 is 0 Å². The van der Waals surface area contributed by atoms with Gasteiger partial charge in [0, 0.05) is 11.6 Å². The van der Waals surface area contributed by atoms with Crippen LogP contribution in [0.4, 0.5) is 18.9 Å². The number of anilines is 1. The molecule has 0 spiro atoms. The first-order chi connectivity index (χ1) is 12.8. The normalized spacial score (nSPS) is 21.4. The van der Waals surface area contributed by atoms with Crippen LogP contribution in [-0.2, 0) is 4.79 Å². The van der Waals surface area contributed by atoms with Crippen molar-refractivity contribution in [2.75, 3.05) is 5.32 Å². The van der Waals surface area contributed by atoms with Crippen molar-refractivity contribution < 1.29 is 18.0 Å². The van der Waals surface area contributed by atoms with Gasteiger partial charge in [-0.2, -0.15) is 13.2 Å². The van der Waals surface area contributed by atoms with E-state index < -0.39 is 23.4 Å². The van der Waals surface area contributed by atoms with E-state index in [-0.39, 0.29) is 5.69 Å². The number of hydrogen-bond acceptors (Lipinski definition) is 4. The van der Waals surface area contributed by atoms with Crippen LogP contribution in [0.25, 0.3) is 0 Å². The predicted molar refractivity (Wildman–Crippen MR) is 96.9 cm³/mol. The highest BCUT2D eigenvalue weighted by Gasteiger charge is 2.59. The highest BCUT2D eigenvalue weighted by atomic mass is 32.1. The summed E-state index contributed by atoms with van der Waals surface area (Å²) in [6.07, 6.45) is 2.89. The Labute approximate surface area is 157 Å². The maximum Gasteiger partial charge on any atom is 0.409 e. The fourth-order valence-corrected chi connectivity index (χ4v) is 3.18. The first-order valence-electron chi connectivity index (χ1n) is 7.91. The van der Waals surface area contributed by atoms with E-state index in [4.69, 9.17) is 0 Å². The second-order valence-corrected chi connectivity index (χ2v) is 6.88. The van der Waals surface area contributed by atoms with Crippen LogP contribution in [-0.4, -0.2) is 22.1 Å². The Kier molecular flexibility index (Phi) is 5.15. The van der Waals surface area contributed by atoms with E-state index in [1.54, 1.807) is 24.4 Å². The van der Waals surface area contributed by atoms with Gasteiger partial charge in [0.1, 0.15) is 5.69 Å². The third-order valence-electron chi connectivity index (χ3n) is 3.96. The highest BCUT2D eigenvalue weighted by molar-refractivity contribution is 7.09. The Bertz CT molecular complexity index is 954. The molecule has 0 aliphatic heterocycles. The van der Waals surface area contributed by atoms with Gasteiger partial charge in [-0.25, -0.2) is 4.98 Å². The number of carbonyl (C=O) groups excluding carboxylic acids is 1. The molecule has 8 heteroatoms. The number of carbonyl (C=O) groups is 1. The molecule has 0 saturated heterocycles. The van der Waals surface area contributed by atoms with E-state index in [0.717, 1.165) is 6.08 Å². The molecule has 3 rings (SSSR count). The zero-order chi connectivity index (χ0) is 19.5. The summed E-state index contributed by atoms with van der Waals surface area (Å²) in [5, 5.41) is 4.76. The lowest BCUT2D eigenvalue weighted by molar-refractivity contribution is -0.197. The SMILES string of the molecule is Cc1nc(C#CC2(C(F)(F)F)C=CC=CC2C(=O)Nc2cccnc2)cs1.